The first-order valence-corrected chi connectivity index (χ1v) is 10.4. The van der Waals surface area contributed by atoms with Crippen molar-refractivity contribution >= 4 is 0 Å². The van der Waals surface area contributed by atoms with Gasteiger partial charge in [0.2, 0.25) is 0 Å². The van der Waals surface area contributed by atoms with Gasteiger partial charge in [-0.3, -0.25) is 23.4 Å². The fraction of sp³-hybridized carbons (Fsp3) is 0.217. The van der Waals surface area contributed by atoms with E-state index < -0.39 is 35.3 Å². The topological polar surface area (TPSA) is 121 Å². The van der Waals surface area contributed by atoms with Gasteiger partial charge in [0.1, 0.15) is 5.56 Å². The maximum atomic E-state index is 13.4. The summed E-state index contributed by atoms with van der Waals surface area (Å²) in [6, 6.07) is 8.02. The lowest BCUT2D eigenvalue weighted by atomic mass is 10.0. The molecular weight excluding hydrogens is 485 g/mol. The molecule has 2 aromatic carbocycles. The van der Waals surface area contributed by atoms with Crippen LogP contribution in [0.15, 0.2) is 61.5 Å². The average Bonchev–Trinajstić information content (AvgIpc) is 3.27. The highest BCUT2D eigenvalue weighted by atomic mass is 19.4. The van der Waals surface area contributed by atoms with Crippen LogP contribution >= 0.6 is 0 Å². The van der Waals surface area contributed by atoms with Gasteiger partial charge in [-0.2, -0.15) is 13.2 Å². The molecule has 1 N–H and O–H groups in total. The predicted molar refractivity (Wildman–Crippen MR) is 121 cm³/mol. The van der Waals surface area contributed by atoms with E-state index in [1.165, 1.54) is 51.5 Å². The van der Waals surface area contributed by atoms with Crippen molar-refractivity contribution in [3.8, 4) is 28.6 Å². The Morgan fingerprint density at radius 2 is 1.78 bits per heavy atom. The van der Waals surface area contributed by atoms with Gasteiger partial charge in [-0.25, -0.2) is 9.59 Å². The number of nitrogens with one attached hydrogen (secondary N) is 1. The van der Waals surface area contributed by atoms with Crippen molar-refractivity contribution in [2.24, 2.45) is 0 Å². The summed E-state index contributed by atoms with van der Waals surface area (Å²) in [7, 11) is 2.83. The molecule has 0 unspecified atom stereocenters. The Hall–Kier alpha value is -4.55. The standard InChI is InChI=1S/C23H19F3N4O6/c1-12-13(5-4-6-16(12)23(24,25)26)10-30-20(31)15(19-27-21(32)36-28-19)11-29(22(30)33)14-7-8-17(34-2)18(9-14)35-3/h4-9,11H,10H2,1-3H3,(H,27,28,32). The lowest BCUT2D eigenvalue weighted by Gasteiger charge is -2.17. The molecule has 0 aliphatic rings. The van der Waals surface area contributed by atoms with Gasteiger partial charge < -0.3 is 9.47 Å². The third kappa shape index (κ3) is 4.42. The van der Waals surface area contributed by atoms with Gasteiger partial charge in [-0.15, -0.1) is 0 Å². The molecule has 0 saturated heterocycles. The summed E-state index contributed by atoms with van der Waals surface area (Å²) in [5, 5.41) is 3.52. The van der Waals surface area contributed by atoms with Crippen molar-refractivity contribution in [2.45, 2.75) is 19.6 Å². The molecule has 4 aromatic rings. The minimum atomic E-state index is -4.62. The zero-order chi connectivity index (χ0) is 26.2. The monoisotopic (exact) mass is 504 g/mol. The highest BCUT2D eigenvalue weighted by Gasteiger charge is 2.33. The average molecular weight is 504 g/mol. The van der Waals surface area contributed by atoms with E-state index in [1.54, 1.807) is 0 Å². The Labute approximate surface area is 200 Å². The highest BCUT2D eigenvalue weighted by Crippen LogP contribution is 2.33. The lowest BCUT2D eigenvalue weighted by Crippen LogP contribution is -2.40. The quantitative estimate of drug-likeness (QED) is 0.429. The summed E-state index contributed by atoms with van der Waals surface area (Å²) in [5.74, 6) is -0.532. The molecule has 10 nitrogen and oxygen atoms in total. The van der Waals surface area contributed by atoms with Crippen LogP contribution in [0.2, 0.25) is 0 Å². The molecule has 0 amide bonds. The van der Waals surface area contributed by atoms with Crippen LogP contribution in [0.1, 0.15) is 16.7 Å². The molecular formula is C23H19F3N4O6. The Kier molecular flexibility index (Phi) is 6.31. The molecule has 188 valence electrons. The number of hydrogen-bond donors (Lipinski definition) is 1. The maximum absolute atomic E-state index is 13.4. The van der Waals surface area contributed by atoms with E-state index in [4.69, 9.17) is 9.47 Å². The van der Waals surface area contributed by atoms with Crippen LogP contribution in [0, 0.1) is 6.92 Å². The van der Waals surface area contributed by atoms with Crippen LogP contribution in [0.5, 0.6) is 11.5 Å². The summed E-state index contributed by atoms with van der Waals surface area (Å²) in [4.78, 5) is 40.5. The summed E-state index contributed by atoms with van der Waals surface area (Å²) >= 11 is 0. The predicted octanol–water partition coefficient (Wildman–Crippen LogP) is 2.74. The maximum Gasteiger partial charge on any atom is 0.439 e. The molecule has 4 rings (SSSR count). The van der Waals surface area contributed by atoms with Crippen LogP contribution in [0.4, 0.5) is 13.2 Å². The number of aromatic nitrogens is 4. The molecule has 0 bridgehead atoms. The number of ether oxygens (including phenoxy) is 2. The van der Waals surface area contributed by atoms with Crippen LogP contribution in [0.3, 0.4) is 0 Å². The second-order valence-corrected chi connectivity index (χ2v) is 7.66. The molecule has 2 aromatic heterocycles. The van der Waals surface area contributed by atoms with Gasteiger partial charge in [-0.1, -0.05) is 17.3 Å². The zero-order valence-corrected chi connectivity index (χ0v) is 19.2. The Balaban J connectivity index is 1.97. The Morgan fingerprint density at radius 1 is 1.06 bits per heavy atom. The van der Waals surface area contributed by atoms with Gasteiger partial charge in [-0.05, 0) is 36.2 Å². The van der Waals surface area contributed by atoms with Crippen molar-refractivity contribution < 1.29 is 27.2 Å². The minimum Gasteiger partial charge on any atom is -0.493 e. The molecule has 0 atom stereocenters. The fourth-order valence-corrected chi connectivity index (χ4v) is 3.74. The Morgan fingerprint density at radius 3 is 2.39 bits per heavy atom. The van der Waals surface area contributed by atoms with Crippen LogP contribution in [0.25, 0.3) is 17.1 Å². The molecule has 0 saturated carbocycles. The van der Waals surface area contributed by atoms with E-state index in [9.17, 15) is 27.6 Å². The number of aromatic amines is 1. The van der Waals surface area contributed by atoms with E-state index in [1.807, 2.05) is 0 Å². The number of H-pyrrole nitrogens is 1. The third-order valence-electron chi connectivity index (χ3n) is 5.59. The highest BCUT2D eigenvalue weighted by molar-refractivity contribution is 5.54. The number of hydrogen-bond acceptors (Lipinski definition) is 7. The summed E-state index contributed by atoms with van der Waals surface area (Å²) < 4.78 is 57.1. The van der Waals surface area contributed by atoms with E-state index in [-0.39, 0.29) is 34.0 Å². The van der Waals surface area contributed by atoms with Gasteiger partial charge >= 0.3 is 17.6 Å². The summed E-state index contributed by atoms with van der Waals surface area (Å²) in [6.07, 6.45) is -3.47. The first-order chi connectivity index (χ1) is 17.0. The van der Waals surface area contributed by atoms with Gasteiger partial charge in [0.05, 0.1) is 32.0 Å². The van der Waals surface area contributed by atoms with Crippen molar-refractivity contribution in [3.05, 3.63) is 90.7 Å². The smallest absolute Gasteiger partial charge is 0.439 e. The number of alkyl halides is 3. The van der Waals surface area contributed by atoms with Gasteiger partial charge in [0.25, 0.3) is 5.56 Å². The van der Waals surface area contributed by atoms with E-state index in [0.717, 1.165) is 21.4 Å². The first kappa shape index (κ1) is 24.6. The Bertz CT molecular complexity index is 1610. The van der Waals surface area contributed by atoms with Gasteiger partial charge in [0, 0.05) is 12.3 Å². The zero-order valence-electron chi connectivity index (χ0n) is 19.2. The van der Waals surface area contributed by atoms with E-state index in [2.05, 4.69) is 14.7 Å². The molecule has 0 aliphatic heterocycles. The minimum absolute atomic E-state index is 0.105. The number of rotatable bonds is 6. The fourth-order valence-electron chi connectivity index (χ4n) is 3.74. The molecule has 36 heavy (non-hydrogen) atoms. The number of nitrogens with zero attached hydrogens (tertiary/aromatic N) is 3. The summed E-state index contributed by atoms with van der Waals surface area (Å²) in [6.45, 7) is 0.783. The number of methoxy groups -OCH3 is 2. The molecule has 0 radical (unpaired) electrons. The molecule has 0 aliphatic carbocycles. The molecule has 0 spiro atoms. The van der Waals surface area contributed by atoms with Gasteiger partial charge in [0.15, 0.2) is 17.3 Å². The van der Waals surface area contributed by atoms with Crippen LogP contribution in [-0.2, 0) is 12.7 Å². The van der Waals surface area contributed by atoms with Crippen LogP contribution < -0.4 is 26.5 Å². The SMILES string of the molecule is COc1ccc(-n2cc(-c3noc(=O)[nH]3)c(=O)n(Cc3cccc(C(F)(F)F)c3C)c2=O)cc1OC. The molecule has 13 heteroatoms. The number of halogens is 3. The van der Waals surface area contributed by atoms with Crippen molar-refractivity contribution in [3.63, 3.8) is 0 Å². The normalized spacial score (nSPS) is 11.5. The van der Waals surface area contributed by atoms with E-state index >= 15 is 0 Å². The first-order valence-electron chi connectivity index (χ1n) is 10.4. The second kappa shape index (κ2) is 9.24. The molecule has 0 fully saturated rings. The van der Waals surface area contributed by atoms with Crippen molar-refractivity contribution in [2.75, 3.05) is 14.2 Å². The van der Waals surface area contributed by atoms with Crippen molar-refractivity contribution in [1.29, 1.82) is 0 Å². The third-order valence-corrected chi connectivity index (χ3v) is 5.59. The number of benzene rings is 2. The summed E-state index contributed by atoms with van der Waals surface area (Å²) in [5.41, 5.74) is -2.62. The molecule has 2 heterocycles. The largest absolute Gasteiger partial charge is 0.493 e. The van der Waals surface area contributed by atoms with E-state index in [0.29, 0.717) is 5.75 Å². The lowest BCUT2D eigenvalue weighted by molar-refractivity contribution is -0.138. The second-order valence-electron chi connectivity index (χ2n) is 7.66. The van der Waals surface area contributed by atoms with Crippen LogP contribution in [-0.4, -0.2) is 33.5 Å². The van der Waals surface area contributed by atoms with Crippen molar-refractivity contribution in [1.82, 2.24) is 19.3 Å².